The number of nitrogens with zero attached hydrogens (tertiary/aromatic N) is 2. The Bertz CT molecular complexity index is 310. The molecule has 1 fully saturated rings. The van der Waals surface area contributed by atoms with Gasteiger partial charge in [-0.2, -0.15) is 0 Å². The van der Waals surface area contributed by atoms with Crippen molar-refractivity contribution >= 4 is 18.0 Å². The molecule has 0 saturated carbocycles. The van der Waals surface area contributed by atoms with Gasteiger partial charge in [-0.15, -0.1) is 0 Å². The van der Waals surface area contributed by atoms with Crippen LogP contribution in [0.4, 0.5) is 0 Å². The van der Waals surface area contributed by atoms with Gasteiger partial charge in [0.2, 0.25) is 6.41 Å². The van der Waals surface area contributed by atoms with E-state index in [-0.39, 0.29) is 0 Å². The van der Waals surface area contributed by atoms with Gasteiger partial charge in [0, 0.05) is 12.4 Å². The summed E-state index contributed by atoms with van der Waals surface area (Å²) >= 11 is 5.63. The monoisotopic (exact) mass is 242 g/mol. The van der Waals surface area contributed by atoms with E-state index in [1.807, 2.05) is 0 Å². The predicted molar refractivity (Wildman–Crippen MR) is 62.0 cm³/mol. The van der Waals surface area contributed by atoms with Gasteiger partial charge in [0.1, 0.15) is 0 Å². The SMILES string of the molecule is C1CCNC1.O=CNCc1nccnc1Cl. The summed E-state index contributed by atoms with van der Waals surface area (Å²) in [7, 11) is 0. The topological polar surface area (TPSA) is 66.9 Å². The third-order valence-electron chi connectivity index (χ3n) is 2.03. The number of nitrogens with one attached hydrogen (secondary N) is 2. The molecule has 1 aliphatic heterocycles. The fraction of sp³-hybridized carbons (Fsp3) is 0.500. The molecule has 0 unspecified atom stereocenters. The molecular weight excluding hydrogens is 228 g/mol. The number of aromatic nitrogens is 2. The van der Waals surface area contributed by atoms with E-state index >= 15 is 0 Å². The Morgan fingerprint density at radius 2 is 2.06 bits per heavy atom. The average molecular weight is 243 g/mol. The molecule has 1 aromatic heterocycles. The molecule has 0 aliphatic carbocycles. The van der Waals surface area contributed by atoms with Crippen molar-refractivity contribution in [1.29, 1.82) is 0 Å². The van der Waals surface area contributed by atoms with Crippen molar-refractivity contribution in [2.45, 2.75) is 19.4 Å². The number of hydrogen-bond acceptors (Lipinski definition) is 4. The quantitative estimate of drug-likeness (QED) is 0.768. The summed E-state index contributed by atoms with van der Waals surface area (Å²) in [6.45, 7) is 2.82. The minimum Gasteiger partial charge on any atom is -0.353 e. The van der Waals surface area contributed by atoms with E-state index in [0.29, 0.717) is 23.8 Å². The maximum absolute atomic E-state index is 9.89. The first-order chi connectivity index (χ1) is 7.84. The fourth-order valence-corrected chi connectivity index (χ4v) is 1.40. The van der Waals surface area contributed by atoms with Crippen molar-refractivity contribution in [3.8, 4) is 0 Å². The van der Waals surface area contributed by atoms with Crippen molar-refractivity contribution in [1.82, 2.24) is 20.6 Å². The molecule has 2 rings (SSSR count). The molecule has 0 radical (unpaired) electrons. The van der Waals surface area contributed by atoms with E-state index in [9.17, 15) is 4.79 Å². The molecule has 1 aliphatic rings. The lowest BCUT2D eigenvalue weighted by atomic mass is 10.4. The maximum atomic E-state index is 9.89. The van der Waals surface area contributed by atoms with E-state index in [4.69, 9.17) is 11.6 Å². The highest BCUT2D eigenvalue weighted by Gasteiger charge is 1.99. The number of carbonyl (C=O) groups is 1. The molecule has 1 amide bonds. The molecule has 0 spiro atoms. The first kappa shape index (κ1) is 12.9. The van der Waals surface area contributed by atoms with Gasteiger partial charge in [-0.25, -0.2) is 4.98 Å². The van der Waals surface area contributed by atoms with Gasteiger partial charge < -0.3 is 10.6 Å². The minimum atomic E-state index is 0.316. The summed E-state index contributed by atoms with van der Waals surface area (Å²) in [5, 5.41) is 5.98. The van der Waals surface area contributed by atoms with Gasteiger partial charge in [-0.05, 0) is 25.9 Å². The summed E-state index contributed by atoms with van der Waals surface area (Å²) in [4.78, 5) is 17.6. The van der Waals surface area contributed by atoms with Crippen molar-refractivity contribution < 1.29 is 4.79 Å². The van der Waals surface area contributed by atoms with Gasteiger partial charge in [0.15, 0.2) is 5.15 Å². The number of hydrogen-bond donors (Lipinski definition) is 2. The predicted octanol–water partition coefficient (Wildman–Crippen LogP) is 0.746. The third-order valence-corrected chi connectivity index (χ3v) is 2.35. The van der Waals surface area contributed by atoms with Crippen LogP contribution in [0.2, 0.25) is 5.15 Å². The Balaban J connectivity index is 0.000000212. The smallest absolute Gasteiger partial charge is 0.207 e. The van der Waals surface area contributed by atoms with Crippen LogP contribution in [0.25, 0.3) is 0 Å². The van der Waals surface area contributed by atoms with Gasteiger partial charge in [-0.3, -0.25) is 9.78 Å². The van der Waals surface area contributed by atoms with Crippen molar-refractivity contribution in [2.24, 2.45) is 0 Å². The number of rotatable bonds is 3. The molecule has 1 aromatic rings. The van der Waals surface area contributed by atoms with Crippen molar-refractivity contribution in [2.75, 3.05) is 13.1 Å². The minimum absolute atomic E-state index is 0.316. The van der Waals surface area contributed by atoms with Crippen LogP contribution < -0.4 is 10.6 Å². The average Bonchev–Trinajstić information content (AvgIpc) is 2.87. The third kappa shape index (κ3) is 5.04. The second kappa shape index (κ2) is 8.01. The van der Waals surface area contributed by atoms with Gasteiger partial charge >= 0.3 is 0 Å². The van der Waals surface area contributed by atoms with Gasteiger partial charge in [0.05, 0.1) is 12.2 Å². The second-order valence-electron chi connectivity index (χ2n) is 3.25. The standard InChI is InChI=1S/C6H6ClN3O.C4H9N/c7-6-5(3-8-4-11)9-1-2-10-6;1-2-4-5-3-1/h1-2,4H,3H2,(H,8,11);5H,1-4H2. The van der Waals surface area contributed by atoms with E-state index in [0.717, 1.165) is 0 Å². The lowest BCUT2D eigenvalue weighted by Gasteiger charge is -1.98. The molecule has 0 bridgehead atoms. The molecule has 6 heteroatoms. The molecule has 1 saturated heterocycles. The van der Waals surface area contributed by atoms with Crippen LogP contribution in [0.15, 0.2) is 12.4 Å². The Hall–Kier alpha value is -1.20. The molecule has 0 atom stereocenters. The second-order valence-corrected chi connectivity index (χ2v) is 3.61. The molecule has 88 valence electrons. The first-order valence-corrected chi connectivity index (χ1v) is 5.55. The lowest BCUT2D eigenvalue weighted by Crippen LogP contribution is -2.11. The molecule has 2 N–H and O–H groups in total. The van der Waals surface area contributed by atoms with Gasteiger partial charge in [0.25, 0.3) is 0 Å². The highest BCUT2D eigenvalue weighted by atomic mass is 35.5. The number of halogens is 1. The lowest BCUT2D eigenvalue weighted by molar-refractivity contribution is -0.109. The molecule has 0 aromatic carbocycles. The zero-order chi connectivity index (χ0) is 11.6. The fourth-order valence-electron chi connectivity index (χ4n) is 1.23. The molecular formula is C10H15ClN4O. The number of amides is 1. The Kier molecular flexibility index (Phi) is 6.44. The van der Waals surface area contributed by atoms with Crippen LogP contribution in [-0.4, -0.2) is 29.5 Å². The summed E-state index contributed by atoms with van der Waals surface area (Å²) in [5.74, 6) is 0. The Morgan fingerprint density at radius 3 is 2.56 bits per heavy atom. The maximum Gasteiger partial charge on any atom is 0.207 e. The van der Waals surface area contributed by atoms with E-state index < -0.39 is 0 Å². The normalized spacial score (nSPS) is 13.8. The summed E-state index contributed by atoms with van der Waals surface area (Å²) in [5.41, 5.74) is 0.571. The van der Waals surface area contributed by atoms with Gasteiger partial charge in [-0.1, -0.05) is 11.6 Å². The van der Waals surface area contributed by atoms with Crippen LogP contribution in [0.3, 0.4) is 0 Å². The summed E-state index contributed by atoms with van der Waals surface area (Å²) in [6.07, 6.45) is 6.38. The zero-order valence-electron chi connectivity index (χ0n) is 8.95. The van der Waals surface area contributed by atoms with Crippen LogP contribution >= 0.6 is 11.6 Å². The van der Waals surface area contributed by atoms with Crippen molar-refractivity contribution in [3.63, 3.8) is 0 Å². The van der Waals surface area contributed by atoms with Crippen LogP contribution in [-0.2, 0) is 11.3 Å². The van der Waals surface area contributed by atoms with Crippen LogP contribution in [0.1, 0.15) is 18.5 Å². The van der Waals surface area contributed by atoms with E-state index in [1.54, 1.807) is 0 Å². The Labute approximate surface area is 99.6 Å². The molecule has 5 nitrogen and oxygen atoms in total. The largest absolute Gasteiger partial charge is 0.353 e. The number of carbonyl (C=O) groups excluding carboxylic acids is 1. The molecule has 2 heterocycles. The Morgan fingerprint density at radius 1 is 1.38 bits per heavy atom. The van der Waals surface area contributed by atoms with Crippen LogP contribution in [0.5, 0.6) is 0 Å². The van der Waals surface area contributed by atoms with Crippen LogP contribution in [0, 0.1) is 0 Å². The zero-order valence-corrected chi connectivity index (χ0v) is 9.70. The van der Waals surface area contributed by atoms with E-state index in [2.05, 4.69) is 20.6 Å². The van der Waals surface area contributed by atoms with Crippen molar-refractivity contribution in [3.05, 3.63) is 23.2 Å². The highest BCUT2D eigenvalue weighted by Crippen LogP contribution is 2.06. The summed E-state index contributed by atoms with van der Waals surface area (Å²) in [6, 6.07) is 0. The molecule has 16 heavy (non-hydrogen) atoms. The van der Waals surface area contributed by atoms with E-state index in [1.165, 1.54) is 38.3 Å². The summed E-state index contributed by atoms with van der Waals surface area (Å²) < 4.78 is 0. The first-order valence-electron chi connectivity index (χ1n) is 5.17. The highest BCUT2D eigenvalue weighted by molar-refractivity contribution is 6.29.